The maximum Gasteiger partial charge on any atom is 0.185 e. The first-order valence-electron chi connectivity index (χ1n) is 8.00. The van der Waals surface area contributed by atoms with E-state index in [1.807, 2.05) is 18.4 Å². The molecule has 1 unspecified atom stereocenters. The van der Waals surface area contributed by atoms with Crippen LogP contribution in [0.2, 0.25) is 0 Å². The quantitative estimate of drug-likeness (QED) is 0.926. The van der Waals surface area contributed by atoms with E-state index in [2.05, 4.69) is 49.7 Å². The summed E-state index contributed by atoms with van der Waals surface area (Å²) in [6.45, 7) is 16.7. The largest absolute Gasteiger partial charge is 0.345 e. The molecule has 0 bridgehead atoms. The summed E-state index contributed by atoms with van der Waals surface area (Å²) in [5.41, 5.74) is 1.36. The summed E-state index contributed by atoms with van der Waals surface area (Å²) in [5, 5.41) is 4.48. The van der Waals surface area contributed by atoms with Crippen molar-refractivity contribution in [2.45, 2.75) is 52.6 Å². The molecule has 21 heavy (non-hydrogen) atoms. The average molecular weight is 311 g/mol. The standard InChI is InChI=1S/C16H30N4S/c1-7-19-8-9-20(11-12(19)2)15-18-14(16(3,4)5)13(21-15)10-17-6/h12,17H,7-11H2,1-6H3. The second kappa shape index (κ2) is 6.63. The van der Waals surface area contributed by atoms with E-state index in [1.54, 1.807) is 0 Å². The number of likely N-dealkylation sites (N-methyl/N-ethyl adjacent to an activating group) is 1. The number of thiazole rings is 1. The van der Waals surface area contributed by atoms with Gasteiger partial charge in [0.2, 0.25) is 0 Å². The fourth-order valence-electron chi connectivity index (χ4n) is 2.98. The summed E-state index contributed by atoms with van der Waals surface area (Å²) >= 11 is 1.86. The van der Waals surface area contributed by atoms with Crippen molar-refractivity contribution in [2.75, 3.05) is 38.1 Å². The predicted octanol–water partition coefficient (Wildman–Crippen LogP) is 2.69. The van der Waals surface area contributed by atoms with Gasteiger partial charge in [-0.25, -0.2) is 4.98 Å². The molecule has 1 aliphatic heterocycles. The van der Waals surface area contributed by atoms with Crippen LogP contribution in [0.5, 0.6) is 0 Å². The zero-order valence-corrected chi connectivity index (χ0v) is 15.2. The lowest BCUT2D eigenvalue weighted by atomic mass is 9.91. The molecule has 1 aromatic rings. The van der Waals surface area contributed by atoms with Crippen LogP contribution in [-0.2, 0) is 12.0 Å². The molecule has 0 radical (unpaired) electrons. The Labute approximate surface area is 133 Å². The second-order valence-corrected chi connectivity index (χ2v) is 8.03. The van der Waals surface area contributed by atoms with Crippen LogP contribution in [0.1, 0.15) is 45.2 Å². The maximum atomic E-state index is 4.99. The van der Waals surface area contributed by atoms with Gasteiger partial charge in [0, 0.05) is 42.5 Å². The van der Waals surface area contributed by atoms with E-state index in [0.29, 0.717) is 6.04 Å². The summed E-state index contributed by atoms with van der Waals surface area (Å²) in [5.74, 6) is 0. The van der Waals surface area contributed by atoms with Gasteiger partial charge in [-0.15, -0.1) is 11.3 Å². The van der Waals surface area contributed by atoms with E-state index < -0.39 is 0 Å². The number of anilines is 1. The monoisotopic (exact) mass is 310 g/mol. The molecular weight excluding hydrogens is 280 g/mol. The minimum Gasteiger partial charge on any atom is -0.345 e. The highest BCUT2D eigenvalue weighted by Crippen LogP contribution is 2.34. The summed E-state index contributed by atoms with van der Waals surface area (Å²) in [6.07, 6.45) is 0. The first-order valence-corrected chi connectivity index (χ1v) is 8.82. The van der Waals surface area contributed by atoms with Gasteiger partial charge in [0.05, 0.1) is 5.69 Å². The molecule has 1 N–H and O–H groups in total. The van der Waals surface area contributed by atoms with Crippen molar-refractivity contribution < 1.29 is 0 Å². The first kappa shape index (κ1) is 16.7. The van der Waals surface area contributed by atoms with Crippen LogP contribution in [0.3, 0.4) is 0 Å². The van der Waals surface area contributed by atoms with Gasteiger partial charge in [-0.05, 0) is 20.5 Å². The molecule has 1 saturated heterocycles. The van der Waals surface area contributed by atoms with Crippen molar-refractivity contribution in [1.29, 1.82) is 0 Å². The highest BCUT2D eigenvalue weighted by Gasteiger charge is 2.28. The molecular formula is C16H30N4S. The van der Waals surface area contributed by atoms with E-state index in [0.717, 1.165) is 32.7 Å². The Morgan fingerprint density at radius 1 is 1.33 bits per heavy atom. The number of rotatable bonds is 4. The van der Waals surface area contributed by atoms with Gasteiger partial charge >= 0.3 is 0 Å². The third-order valence-electron chi connectivity index (χ3n) is 4.18. The van der Waals surface area contributed by atoms with Crippen molar-refractivity contribution in [2.24, 2.45) is 0 Å². The summed E-state index contributed by atoms with van der Waals surface area (Å²) in [7, 11) is 2.01. The summed E-state index contributed by atoms with van der Waals surface area (Å²) < 4.78 is 0. The van der Waals surface area contributed by atoms with Crippen LogP contribution >= 0.6 is 11.3 Å². The SMILES string of the molecule is CCN1CCN(c2nc(C(C)(C)C)c(CNC)s2)CC1C. The maximum absolute atomic E-state index is 4.99. The molecule has 1 atom stereocenters. The molecule has 1 aliphatic rings. The molecule has 5 heteroatoms. The molecule has 0 amide bonds. The van der Waals surface area contributed by atoms with Crippen LogP contribution in [0.25, 0.3) is 0 Å². The zero-order chi connectivity index (χ0) is 15.6. The van der Waals surface area contributed by atoms with Crippen molar-refractivity contribution >= 4 is 16.5 Å². The third-order valence-corrected chi connectivity index (χ3v) is 5.29. The van der Waals surface area contributed by atoms with Gasteiger partial charge in [0.1, 0.15) is 0 Å². The van der Waals surface area contributed by atoms with Crippen molar-refractivity contribution in [3.05, 3.63) is 10.6 Å². The van der Waals surface area contributed by atoms with Gasteiger partial charge < -0.3 is 10.2 Å². The van der Waals surface area contributed by atoms with Gasteiger partial charge in [-0.2, -0.15) is 0 Å². The Kier molecular flexibility index (Phi) is 5.28. The molecule has 1 aromatic heterocycles. The fraction of sp³-hybridized carbons (Fsp3) is 0.812. The Hall–Kier alpha value is -0.650. The normalized spacial score (nSPS) is 21.0. The molecule has 4 nitrogen and oxygen atoms in total. The number of nitrogens with zero attached hydrogens (tertiary/aromatic N) is 3. The Bertz CT molecular complexity index is 463. The number of hydrogen-bond donors (Lipinski definition) is 1. The molecule has 120 valence electrons. The smallest absolute Gasteiger partial charge is 0.185 e. The highest BCUT2D eigenvalue weighted by atomic mass is 32.1. The topological polar surface area (TPSA) is 31.4 Å². The molecule has 1 fully saturated rings. The van der Waals surface area contributed by atoms with Crippen molar-refractivity contribution in [1.82, 2.24) is 15.2 Å². The summed E-state index contributed by atoms with van der Waals surface area (Å²) in [4.78, 5) is 11.4. The van der Waals surface area contributed by atoms with Gasteiger partial charge in [-0.3, -0.25) is 4.90 Å². The van der Waals surface area contributed by atoms with Crippen molar-refractivity contribution in [3.8, 4) is 0 Å². The van der Waals surface area contributed by atoms with Gasteiger partial charge in [-0.1, -0.05) is 27.7 Å². The fourth-order valence-corrected chi connectivity index (χ4v) is 4.30. The Balaban J connectivity index is 2.21. The van der Waals surface area contributed by atoms with Crippen LogP contribution in [0, 0.1) is 0 Å². The van der Waals surface area contributed by atoms with Crippen LogP contribution in [0.15, 0.2) is 0 Å². The number of piperazine rings is 1. The third kappa shape index (κ3) is 3.76. The van der Waals surface area contributed by atoms with Gasteiger partial charge in [0.25, 0.3) is 0 Å². The molecule has 0 aromatic carbocycles. The number of hydrogen-bond acceptors (Lipinski definition) is 5. The van der Waals surface area contributed by atoms with E-state index in [4.69, 9.17) is 4.98 Å². The molecule has 2 rings (SSSR count). The molecule has 0 spiro atoms. The predicted molar refractivity (Wildman–Crippen MR) is 92.5 cm³/mol. The Morgan fingerprint density at radius 2 is 2.05 bits per heavy atom. The molecule has 2 heterocycles. The highest BCUT2D eigenvalue weighted by molar-refractivity contribution is 7.15. The van der Waals surface area contributed by atoms with Crippen molar-refractivity contribution in [3.63, 3.8) is 0 Å². The van der Waals surface area contributed by atoms with Crippen LogP contribution < -0.4 is 10.2 Å². The van der Waals surface area contributed by atoms with Gasteiger partial charge in [0.15, 0.2) is 5.13 Å². The molecule has 0 aliphatic carbocycles. The lowest BCUT2D eigenvalue weighted by Crippen LogP contribution is -2.51. The number of aromatic nitrogens is 1. The lowest BCUT2D eigenvalue weighted by Gasteiger charge is -2.39. The first-order chi connectivity index (χ1) is 9.86. The lowest BCUT2D eigenvalue weighted by molar-refractivity contribution is 0.199. The second-order valence-electron chi connectivity index (χ2n) is 6.97. The van der Waals surface area contributed by atoms with Crippen LogP contribution in [0.4, 0.5) is 5.13 Å². The van der Waals surface area contributed by atoms with E-state index >= 15 is 0 Å². The minimum absolute atomic E-state index is 0.109. The zero-order valence-electron chi connectivity index (χ0n) is 14.4. The minimum atomic E-state index is 0.109. The van der Waals surface area contributed by atoms with E-state index in [-0.39, 0.29) is 5.41 Å². The van der Waals surface area contributed by atoms with E-state index in [9.17, 15) is 0 Å². The van der Waals surface area contributed by atoms with Crippen LogP contribution in [-0.4, -0.2) is 49.2 Å². The molecule has 0 saturated carbocycles. The van der Waals surface area contributed by atoms with E-state index in [1.165, 1.54) is 15.7 Å². The Morgan fingerprint density at radius 3 is 2.57 bits per heavy atom. The summed E-state index contributed by atoms with van der Waals surface area (Å²) in [6, 6.07) is 0.610. The average Bonchev–Trinajstić information content (AvgIpc) is 2.83. The number of nitrogens with one attached hydrogen (secondary N) is 1.